The molecule has 0 atom stereocenters. The average molecular weight is 414 g/mol. The predicted molar refractivity (Wildman–Crippen MR) is 125 cm³/mol. The number of nitrogens with one attached hydrogen (secondary N) is 1. The van der Waals surface area contributed by atoms with E-state index < -0.39 is 0 Å². The zero-order valence-corrected chi connectivity index (χ0v) is 17.6. The molecule has 0 spiro atoms. The van der Waals surface area contributed by atoms with E-state index in [0.29, 0.717) is 0 Å². The molecule has 1 aliphatic heterocycles. The molecule has 1 aliphatic rings. The quantitative estimate of drug-likeness (QED) is 0.459. The van der Waals surface area contributed by atoms with Gasteiger partial charge in [0.1, 0.15) is 0 Å². The average Bonchev–Trinajstić information content (AvgIpc) is 3.34. The Morgan fingerprint density at radius 1 is 0.935 bits per heavy atom. The third-order valence-corrected chi connectivity index (χ3v) is 5.74. The first-order chi connectivity index (χ1) is 15.4. The van der Waals surface area contributed by atoms with Gasteiger partial charge in [-0.2, -0.15) is 0 Å². The van der Waals surface area contributed by atoms with Crippen molar-refractivity contribution in [1.82, 2.24) is 14.4 Å². The monoisotopic (exact) mass is 413 g/mol. The molecule has 6 heteroatoms. The second-order valence-corrected chi connectivity index (χ2v) is 7.78. The van der Waals surface area contributed by atoms with Crippen molar-refractivity contribution >= 4 is 17.2 Å². The molecule has 0 radical (unpaired) electrons. The van der Waals surface area contributed by atoms with Gasteiger partial charge in [0, 0.05) is 43.3 Å². The van der Waals surface area contributed by atoms with Crippen LogP contribution in [0.25, 0.3) is 16.9 Å². The number of aromatic nitrogens is 3. The number of hydrogen-bond donors (Lipinski definition) is 1. The molecule has 1 fully saturated rings. The Morgan fingerprint density at radius 3 is 2.55 bits per heavy atom. The standard InChI is InChI=1S/C25H27N5O/c1-2-5-20(6-3-1)7-4-12-26-24-25-27-13-14-30(25)23(19-28-24)21-8-10-22(11-9-21)29-15-17-31-18-16-29/h1-3,5-6,8-11,13-14,19H,4,7,12,15-18H2,(H,26,28). The van der Waals surface area contributed by atoms with Crippen LogP contribution in [-0.2, 0) is 11.2 Å². The van der Waals surface area contributed by atoms with Gasteiger partial charge in [-0.05, 0) is 30.5 Å². The second-order valence-electron chi connectivity index (χ2n) is 7.78. The molecule has 0 unspecified atom stereocenters. The van der Waals surface area contributed by atoms with Crippen molar-refractivity contribution in [2.75, 3.05) is 43.1 Å². The Labute approximate surface area is 182 Å². The summed E-state index contributed by atoms with van der Waals surface area (Å²) in [5.74, 6) is 0.826. The molecule has 3 heterocycles. The molecule has 0 aliphatic carbocycles. The Hall–Kier alpha value is -3.38. The van der Waals surface area contributed by atoms with Crippen LogP contribution in [0.3, 0.4) is 0 Å². The Morgan fingerprint density at radius 2 is 1.74 bits per heavy atom. The first kappa shape index (κ1) is 19.6. The first-order valence-corrected chi connectivity index (χ1v) is 10.9. The van der Waals surface area contributed by atoms with Crippen LogP contribution in [0.15, 0.2) is 73.2 Å². The summed E-state index contributed by atoms with van der Waals surface area (Å²) in [5.41, 5.74) is 5.62. The van der Waals surface area contributed by atoms with Gasteiger partial charge in [-0.15, -0.1) is 0 Å². The highest BCUT2D eigenvalue weighted by molar-refractivity contribution is 5.71. The van der Waals surface area contributed by atoms with Gasteiger partial charge in [0.2, 0.25) is 0 Å². The van der Waals surface area contributed by atoms with E-state index in [2.05, 4.69) is 74.2 Å². The van der Waals surface area contributed by atoms with E-state index in [9.17, 15) is 0 Å². The van der Waals surface area contributed by atoms with E-state index in [-0.39, 0.29) is 0 Å². The van der Waals surface area contributed by atoms with Crippen LogP contribution in [0.4, 0.5) is 11.5 Å². The van der Waals surface area contributed by atoms with Gasteiger partial charge in [0.15, 0.2) is 11.5 Å². The molecule has 2 aromatic heterocycles. The lowest BCUT2D eigenvalue weighted by molar-refractivity contribution is 0.122. The van der Waals surface area contributed by atoms with Crippen molar-refractivity contribution in [3.8, 4) is 11.3 Å². The fourth-order valence-electron chi connectivity index (χ4n) is 4.07. The molecule has 0 bridgehead atoms. The number of hydrogen-bond acceptors (Lipinski definition) is 5. The van der Waals surface area contributed by atoms with Gasteiger partial charge in [0.05, 0.1) is 25.1 Å². The number of fused-ring (bicyclic) bond motifs is 1. The Bertz CT molecular complexity index is 1120. The van der Waals surface area contributed by atoms with Crippen LogP contribution in [-0.4, -0.2) is 47.2 Å². The molecule has 2 aromatic carbocycles. The van der Waals surface area contributed by atoms with Crippen molar-refractivity contribution < 1.29 is 4.74 Å². The van der Waals surface area contributed by atoms with Gasteiger partial charge in [-0.1, -0.05) is 42.5 Å². The van der Waals surface area contributed by atoms with Crippen LogP contribution in [0.2, 0.25) is 0 Å². The summed E-state index contributed by atoms with van der Waals surface area (Å²) in [4.78, 5) is 11.6. The van der Waals surface area contributed by atoms with E-state index in [1.165, 1.54) is 11.3 Å². The van der Waals surface area contributed by atoms with Crippen molar-refractivity contribution in [3.63, 3.8) is 0 Å². The maximum atomic E-state index is 5.46. The van der Waals surface area contributed by atoms with Crippen molar-refractivity contribution in [2.24, 2.45) is 0 Å². The van der Waals surface area contributed by atoms with E-state index in [1.54, 1.807) is 0 Å². The Kier molecular flexibility index (Phi) is 5.80. The van der Waals surface area contributed by atoms with Crippen molar-refractivity contribution in [2.45, 2.75) is 12.8 Å². The number of rotatable bonds is 7. The van der Waals surface area contributed by atoms with E-state index >= 15 is 0 Å². The lowest BCUT2D eigenvalue weighted by atomic mass is 10.1. The summed E-state index contributed by atoms with van der Waals surface area (Å²) in [5, 5.41) is 3.46. The van der Waals surface area contributed by atoms with Crippen molar-refractivity contribution in [3.05, 3.63) is 78.8 Å². The highest BCUT2D eigenvalue weighted by Crippen LogP contribution is 2.26. The van der Waals surface area contributed by atoms with Gasteiger partial charge in [-0.25, -0.2) is 9.97 Å². The number of ether oxygens (including phenoxy) is 1. The van der Waals surface area contributed by atoms with Crippen LogP contribution < -0.4 is 10.2 Å². The number of benzene rings is 2. The molecular formula is C25H27N5O. The SMILES string of the molecule is c1ccc(CCCNc2ncc(-c3ccc(N4CCOCC4)cc3)n3ccnc23)cc1. The zero-order valence-electron chi connectivity index (χ0n) is 17.6. The highest BCUT2D eigenvalue weighted by Gasteiger charge is 2.13. The highest BCUT2D eigenvalue weighted by atomic mass is 16.5. The molecule has 0 saturated carbocycles. The minimum Gasteiger partial charge on any atom is -0.378 e. The van der Waals surface area contributed by atoms with Gasteiger partial charge in [-0.3, -0.25) is 4.40 Å². The minimum atomic E-state index is 0.793. The number of imidazole rings is 1. The third kappa shape index (κ3) is 4.39. The molecule has 4 aromatic rings. The number of morpholine rings is 1. The topological polar surface area (TPSA) is 54.7 Å². The van der Waals surface area contributed by atoms with Crippen molar-refractivity contribution in [1.29, 1.82) is 0 Å². The molecule has 5 rings (SSSR count). The molecule has 0 amide bonds. The molecule has 1 saturated heterocycles. The minimum absolute atomic E-state index is 0.793. The second kappa shape index (κ2) is 9.18. The summed E-state index contributed by atoms with van der Waals surface area (Å²) in [7, 11) is 0. The fraction of sp³-hybridized carbons (Fsp3) is 0.280. The summed E-state index contributed by atoms with van der Waals surface area (Å²) >= 11 is 0. The van der Waals surface area contributed by atoms with Crippen LogP contribution in [0.5, 0.6) is 0 Å². The molecular weight excluding hydrogens is 386 g/mol. The summed E-state index contributed by atoms with van der Waals surface area (Å²) < 4.78 is 7.56. The first-order valence-electron chi connectivity index (χ1n) is 10.9. The van der Waals surface area contributed by atoms with Crippen LogP contribution in [0.1, 0.15) is 12.0 Å². The van der Waals surface area contributed by atoms with Gasteiger partial charge >= 0.3 is 0 Å². The smallest absolute Gasteiger partial charge is 0.180 e. The van der Waals surface area contributed by atoms with Crippen LogP contribution >= 0.6 is 0 Å². The Balaban J connectivity index is 1.29. The van der Waals surface area contributed by atoms with Gasteiger partial charge < -0.3 is 15.0 Å². The fourth-order valence-corrected chi connectivity index (χ4v) is 4.07. The predicted octanol–water partition coefficient (Wildman–Crippen LogP) is 4.28. The van der Waals surface area contributed by atoms with E-state index in [4.69, 9.17) is 9.72 Å². The van der Waals surface area contributed by atoms with Gasteiger partial charge in [0.25, 0.3) is 0 Å². The molecule has 158 valence electrons. The largest absolute Gasteiger partial charge is 0.378 e. The number of nitrogens with zero attached hydrogens (tertiary/aromatic N) is 4. The summed E-state index contributed by atoms with van der Waals surface area (Å²) in [6.45, 7) is 4.33. The molecule has 31 heavy (non-hydrogen) atoms. The maximum Gasteiger partial charge on any atom is 0.180 e. The lowest BCUT2D eigenvalue weighted by Crippen LogP contribution is -2.36. The zero-order chi connectivity index (χ0) is 20.9. The number of aryl methyl sites for hydroxylation is 1. The third-order valence-electron chi connectivity index (χ3n) is 5.74. The maximum absolute atomic E-state index is 5.46. The summed E-state index contributed by atoms with van der Waals surface area (Å²) in [6.07, 6.45) is 7.85. The van der Waals surface area contributed by atoms with E-state index in [1.807, 2.05) is 18.6 Å². The molecule has 1 N–H and O–H groups in total. The lowest BCUT2D eigenvalue weighted by Gasteiger charge is -2.28. The van der Waals surface area contributed by atoms with E-state index in [0.717, 1.165) is 68.4 Å². The molecule has 6 nitrogen and oxygen atoms in total. The normalized spacial score (nSPS) is 14.1. The van der Waals surface area contributed by atoms with Crippen LogP contribution in [0, 0.1) is 0 Å². The number of anilines is 2. The summed E-state index contributed by atoms with van der Waals surface area (Å²) in [6, 6.07) is 19.3.